The Morgan fingerprint density at radius 1 is 1.29 bits per heavy atom. The van der Waals surface area contributed by atoms with Crippen molar-refractivity contribution < 1.29 is 0 Å². The molecule has 0 amide bonds. The standard InChI is InChI=1S/C16H26N4.HI/c1-17-16(19-14-8-4-5-9-14)18-12-13-7-6-10-15(11-13)20(2)3;/h6-7,10-11,14H,4-5,8-9,12H2,1-3H3,(H2,17,18,19);1H. The van der Waals surface area contributed by atoms with Gasteiger partial charge in [-0.25, -0.2) is 0 Å². The van der Waals surface area contributed by atoms with Crippen molar-refractivity contribution >= 4 is 35.6 Å². The van der Waals surface area contributed by atoms with Crippen LogP contribution in [-0.4, -0.2) is 33.1 Å². The van der Waals surface area contributed by atoms with E-state index in [0.29, 0.717) is 6.04 Å². The van der Waals surface area contributed by atoms with E-state index in [-0.39, 0.29) is 24.0 Å². The zero-order chi connectivity index (χ0) is 14.4. The first-order valence-corrected chi connectivity index (χ1v) is 7.42. The predicted octanol–water partition coefficient (Wildman–Crippen LogP) is 2.98. The number of aliphatic imine (C=N–C) groups is 1. The molecule has 1 aliphatic carbocycles. The van der Waals surface area contributed by atoms with Crippen LogP contribution in [0.2, 0.25) is 0 Å². The van der Waals surface area contributed by atoms with Crippen LogP contribution in [0.3, 0.4) is 0 Å². The van der Waals surface area contributed by atoms with E-state index in [4.69, 9.17) is 0 Å². The fourth-order valence-electron chi connectivity index (χ4n) is 2.59. The van der Waals surface area contributed by atoms with Gasteiger partial charge in [0.1, 0.15) is 0 Å². The number of anilines is 1. The van der Waals surface area contributed by atoms with Gasteiger partial charge in [0.2, 0.25) is 0 Å². The highest BCUT2D eigenvalue weighted by molar-refractivity contribution is 14.0. The molecular weight excluding hydrogens is 375 g/mol. The molecule has 0 aromatic heterocycles. The first-order valence-electron chi connectivity index (χ1n) is 7.42. The molecule has 0 radical (unpaired) electrons. The zero-order valence-electron chi connectivity index (χ0n) is 13.2. The summed E-state index contributed by atoms with van der Waals surface area (Å²) < 4.78 is 0. The molecule has 0 bridgehead atoms. The average Bonchev–Trinajstić information content (AvgIpc) is 2.96. The molecule has 0 saturated heterocycles. The van der Waals surface area contributed by atoms with E-state index in [0.717, 1.165) is 12.5 Å². The van der Waals surface area contributed by atoms with Crippen molar-refractivity contribution in [3.63, 3.8) is 0 Å². The maximum atomic E-state index is 4.31. The number of nitrogens with zero attached hydrogens (tertiary/aromatic N) is 2. The summed E-state index contributed by atoms with van der Waals surface area (Å²) in [5.41, 5.74) is 2.49. The molecule has 0 atom stereocenters. The number of hydrogen-bond donors (Lipinski definition) is 2. The summed E-state index contributed by atoms with van der Waals surface area (Å²) >= 11 is 0. The Bertz CT molecular complexity index is 453. The Morgan fingerprint density at radius 3 is 2.62 bits per heavy atom. The van der Waals surface area contributed by atoms with Crippen molar-refractivity contribution in [3.8, 4) is 0 Å². The van der Waals surface area contributed by atoms with Crippen molar-refractivity contribution in [2.75, 3.05) is 26.0 Å². The third-order valence-corrected chi connectivity index (χ3v) is 3.81. The maximum absolute atomic E-state index is 4.31. The molecule has 1 fully saturated rings. The molecule has 1 saturated carbocycles. The molecule has 1 aromatic carbocycles. The van der Waals surface area contributed by atoms with Gasteiger partial charge in [-0.3, -0.25) is 4.99 Å². The summed E-state index contributed by atoms with van der Waals surface area (Å²) in [5.74, 6) is 0.909. The van der Waals surface area contributed by atoms with Gasteiger partial charge in [-0.15, -0.1) is 24.0 Å². The zero-order valence-corrected chi connectivity index (χ0v) is 15.6. The van der Waals surface area contributed by atoms with Crippen LogP contribution in [0.1, 0.15) is 31.2 Å². The number of guanidine groups is 1. The van der Waals surface area contributed by atoms with E-state index in [1.165, 1.54) is 36.9 Å². The molecule has 2 N–H and O–H groups in total. The average molecular weight is 402 g/mol. The summed E-state index contributed by atoms with van der Waals surface area (Å²) in [5, 5.41) is 6.90. The predicted molar refractivity (Wildman–Crippen MR) is 102 cm³/mol. The summed E-state index contributed by atoms with van der Waals surface area (Å²) in [4.78, 5) is 6.43. The first-order chi connectivity index (χ1) is 9.69. The van der Waals surface area contributed by atoms with Crippen LogP contribution in [0.4, 0.5) is 5.69 Å². The molecule has 0 spiro atoms. The Balaban J connectivity index is 0.00000220. The van der Waals surface area contributed by atoms with E-state index >= 15 is 0 Å². The molecule has 5 heteroatoms. The third kappa shape index (κ3) is 5.73. The van der Waals surface area contributed by atoms with E-state index in [1.807, 2.05) is 7.05 Å². The molecule has 4 nitrogen and oxygen atoms in total. The van der Waals surface area contributed by atoms with Crippen LogP contribution >= 0.6 is 24.0 Å². The molecule has 1 aromatic rings. The van der Waals surface area contributed by atoms with E-state index in [1.54, 1.807) is 0 Å². The lowest BCUT2D eigenvalue weighted by molar-refractivity contribution is 0.613. The minimum atomic E-state index is 0. The van der Waals surface area contributed by atoms with Crippen molar-refractivity contribution in [1.29, 1.82) is 0 Å². The summed E-state index contributed by atoms with van der Waals surface area (Å²) in [6, 6.07) is 9.15. The van der Waals surface area contributed by atoms with E-state index < -0.39 is 0 Å². The summed E-state index contributed by atoms with van der Waals surface area (Å²) in [7, 11) is 5.96. The van der Waals surface area contributed by atoms with Crippen molar-refractivity contribution in [2.24, 2.45) is 4.99 Å². The largest absolute Gasteiger partial charge is 0.378 e. The quantitative estimate of drug-likeness (QED) is 0.462. The molecular formula is C16H27IN4. The Morgan fingerprint density at radius 2 is 2.00 bits per heavy atom. The van der Waals surface area contributed by atoms with Gasteiger partial charge in [0.25, 0.3) is 0 Å². The minimum Gasteiger partial charge on any atom is -0.378 e. The first kappa shape index (κ1) is 18.1. The maximum Gasteiger partial charge on any atom is 0.191 e. The van der Waals surface area contributed by atoms with Crippen LogP contribution in [0, 0.1) is 0 Å². The third-order valence-electron chi connectivity index (χ3n) is 3.81. The van der Waals surface area contributed by atoms with E-state index in [2.05, 4.69) is 58.9 Å². The van der Waals surface area contributed by atoms with Crippen LogP contribution in [0.15, 0.2) is 29.3 Å². The van der Waals surface area contributed by atoms with E-state index in [9.17, 15) is 0 Å². The van der Waals surface area contributed by atoms with Crippen LogP contribution in [-0.2, 0) is 6.54 Å². The number of benzene rings is 1. The molecule has 0 heterocycles. The fourth-order valence-corrected chi connectivity index (χ4v) is 2.59. The number of halogens is 1. The second kappa shape index (κ2) is 9.12. The van der Waals surface area contributed by atoms with Gasteiger partial charge in [-0.2, -0.15) is 0 Å². The van der Waals surface area contributed by atoms with Gasteiger partial charge in [-0.05, 0) is 30.5 Å². The molecule has 1 aliphatic rings. The van der Waals surface area contributed by atoms with Gasteiger partial charge in [0, 0.05) is 39.4 Å². The van der Waals surface area contributed by atoms with Gasteiger partial charge >= 0.3 is 0 Å². The normalized spacial score (nSPS) is 15.5. The Hall–Kier alpha value is -0.980. The number of nitrogens with one attached hydrogen (secondary N) is 2. The van der Waals surface area contributed by atoms with Crippen molar-refractivity contribution in [2.45, 2.75) is 38.3 Å². The van der Waals surface area contributed by atoms with Crippen molar-refractivity contribution in [3.05, 3.63) is 29.8 Å². The topological polar surface area (TPSA) is 39.7 Å². The molecule has 118 valence electrons. The molecule has 0 unspecified atom stereocenters. The van der Waals surface area contributed by atoms with Gasteiger partial charge < -0.3 is 15.5 Å². The lowest BCUT2D eigenvalue weighted by atomic mass is 10.2. The van der Waals surface area contributed by atoms with Gasteiger partial charge in [0.15, 0.2) is 5.96 Å². The second-order valence-corrected chi connectivity index (χ2v) is 5.62. The van der Waals surface area contributed by atoms with Crippen LogP contribution < -0.4 is 15.5 Å². The smallest absolute Gasteiger partial charge is 0.191 e. The van der Waals surface area contributed by atoms with Crippen LogP contribution in [0.25, 0.3) is 0 Å². The Labute approximate surface area is 145 Å². The highest BCUT2D eigenvalue weighted by Gasteiger charge is 2.15. The highest BCUT2D eigenvalue weighted by Crippen LogP contribution is 2.17. The SMILES string of the molecule is CN=C(NCc1cccc(N(C)C)c1)NC1CCCC1.I. The van der Waals surface area contributed by atoms with Crippen molar-refractivity contribution in [1.82, 2.24) is 10.6 Å². The Kier molecular flexibility index (Phi) is 7.85. The molecule has 21 heavy (non-hydrogen) atoms. The second-order valence-electron chi connectivity index (χ2n) is 5.62. The minimum absolute atomic E-state index is 0. The number of hydrogen-bond acceptors (Lipinski definition) is 2. The lowest BCUT2D eigenvalue weighted by Crippen LogP contribution is -2.41. The molecule has 2 rings (SSSR count). The summed E-state index contributed by atoms with van der Waals surface area (Å²) in [6.07, 6.45) is 5.19. The number of rotatable bonds is 4. The van der Waals surface area contributed by atoms with Gasteiger partial charge in [-0.1, -0.05) is 25.0 Å². The monoisotopic (exact) mass is 402 g/mol. The summed E-state index contributed by atoms with van der Waals surface area (Å²) in [6.45, 7) is 0.800. The van der Waals surface area contributed by atoms with Crippen LogP contribution in [0.5, 0.6) is 0 Å². The highest BCUT2D eigenvalue weighted by atomic mass is 127. The lowest BCUT2D eigenvalue weighted by Gasteiger charge is -2.18. The van der Waals surface area contributed by atoms with Gasteiger partial charge in [0.05, 0.1) is 0 Å². The fraction of sp³-hybridized carbons (Fsp3) is 0.562. The molecule has 0 aliphatic heterocycles.